The molecule has 0 heterocycles. The second-order valence-electron chi connectivity index (χ2n) is 5.78. The van der Waals surface area contributed by atoms with Crippen LogP contribution in [0.2, 0.25) is 0 Å². The molecule has 6 nitrogen and oxygen atoms in total. The van der Waals surface area contributed by atoms with Gasteiger partial charge in [0.25, 0.3) is 15.9 Å². The Morgan fingerprint density at radius 1 is 0.929 bits per heavy atom. The number of nitriles is 1. The van der Waals surface area contributed by atoms with Gasteiger partial charge in [0.1, 0.15) is 5.82 Å². The summed E-state index contributed by atoms with van der Waals surface area (Å²) < 4.78 is 40.3. The summed E-state index contributed by atoms with van der Waals surface area (Å²) in [6, 6.07) is 18.7. The molecule has 0 unspecified atom stereocenters. The van der Waals surface area contributed by atoms with Crippen LogP contribution in [0.5, 0.6) is 0 Å². The molecule has 0 bridgehead atoms. The molecule has 140 valence electrons. The normalized spacial score (nSPS) is 10.7. The monoisotopic (exact) mass is 395 g/mol. The minimum absolute atomic E-state index is 0.107. The van der Waals surface area contributed by atoms with Crippen LogP contribution in [-0.2, 0) is 10.0 Å². The summed E-state index contributed by atoms with van der Waals surface area (Å²) in [5, 5.41) is 11.4. The molecule has 0 aliphatic rings. The summed E-state index contributed by atoms with van der Waals surface area (Å²) in [4.78, 5) is 12.3. The number of amides is 1. The molecule has 0 atom stereocenters. The third-order valence-corrected chi connectivity index (χ3v) is 5.15. The zero-order valence-electron chi connectivity index (χ0n) is 14.4. The highest BCUT2D eigenvalue weighted by Crippen LogP contribution is 2.18. The van der Waals surface area contributed by atoms with E-state index in [0.29, 0.717) is 11.3 Å². The lowest BCUT2D eigenvalue weighted by Gasteiger charge is -2.10. The van der Waals surface area contributed by atoms with Crippen molar-refractivity contribution in [2.24, 2.45) is 0 Å². The van der Waals surface area contributed by atoms with Gasteiger partial charge >= 0.3 is 0 Å². The first-order valence-electron chi connectivity index (χ1n) is 8.07. The molecule has 0 spiro atoms. The van der Waals surface area contributed by atoms with Crippen LogP contribution in [0.15, 0.2) is 77.7 Å². The Labute approximate surface area is 161 Å². The predicted molar refractivity (Wildman–Crippen MR) is 103 cm³/mol. The van der Waals surface area contributed by atoms with Crippen LogP contribution in [-0.4, -0.2) is 14.3 Å². The molecule has 0 saturated heterocycles. The van der Waals surface area contributed by atoms with Gasteiger partial charge in [-0.05, 0) is 66.7 Å². The summed E-state index contributed by atoms with van der Waals surface area (Å²) >= 11 is 0. The lowest BCUT2D eigenvalue weighted by atomic mass is 10.2. The maximum absolute atomic E-state index is 13.0. The lowest BCUT2D eigenvalue weighted by Crippen LogP contribution is -2.16. The Balaban J connectivity index is 1.79. The summed E-state index contributed by atoms with van der Waals surface area (Å²) in [7, 11) is -3.95. The van der Waals surface area contributed by atoms with Gasteiger partial charge < -0.3 is 5.32 Å². The molecule has 0 fully saturated rings. The number of sulfonamides is 1. The Bertz CT molecular complexity index is 1150. The summed E-state index contributed by atoms with van der Waals surface area (Å²) in [5.74, 6) is -0.979. The van der Waals surface area contributed by atoms with Crippen molar-refractivity contribution < 1.29 is 17.6 Å². The molecule has 8 heteroatoms. The van der Waals surface area contributed by atoms with E-state index in [2.05, 4.69) is 10.0 Å². The Morgan fingerprint density at radius 3 is 2.21 bits per heavy atom. The van der Waals surface area contributed by atoms with E-state index in [1.165, 1.54) is 36.4 Å². The molecular formula is C20H14FN3O3S. The second kappa shape index (κ2) is 7.90. The van der Waals surface area contributed by atoms with Gasteiger partial charge in [-0.2, -0.15) is 5.26 Å². The van der Waals surface area contributed by atoms with Gasteiger partial charge in [0, 0.05) is 16.9 Å². The van der Waals surface area contributed by atoms with Crippen molar-refractivity contribution in [3.05, 3.63) is 89.7 Å². The topological polar surface area (TPSA) is 99.1 Å². The van der Waals surface area contributed by atoms with Gasteiger partial charge in [-0.15, -0.1) is 0 Å². The number of carbonyl (C=O) groups is 1. The number of carbonyl (C=O) groups excluding carboxylic acids is 1. The van der Waals surface area contributed by atoms with Crippen LogP contribution in [0, 0.1) is 17.1 Å². The van der Waals surface area contributed by atoms with E-state index in [1.807, 2.05) is 6.07 Å². The number of hydrogen-bond donors (Lipinski definition) is 2. The van der Waals surface area contributed by atoms with Gasteiger partial charge in [-0.1, -0.05) is 6.07 Å². The van der Waals surface area contributed by atoms with Crippen LogP contribution in [0.25, 0.3) is 0 Å². The van der Waals surface area contributed by atoms with E-state index in [1.54, 1.807) is 24.3 Å². The van der Waals surface area contributed by atoms with Crippen molar-refractivity contribution in [3.63, 3.8) is 0 Å². The number of benzene rings is 3. The van der Waals surface area contributed by atoms with Crippen molar-refractivity contribution in [1.82, 2.24) is 0 Å². The molecule has 0 saturated carbocycles. The maximum Gasteiger partial charge on any atom is 0.261 e. The first kappa shape index (κ1) is 19.1. The molecule has 1 amide bonds. The van der Waals surface area contributed by atoms with Crippen molar-refractivity contribution >= 4 is 27.3 Å². The highest BCUT2D eigenvalue weighted by molar-refractivity contribution is 7.92. The molecule has 28 heavy (non-hydrogen) atoms. The van der Waals surface area contributed by atoms with Crippen molar-refractivity contribution in [2.75, 3.05) is 10.0 Å². The fourth-order valence-electron chi connectivity index (χ4n) is 2.37. The molecule has 3 aromatic rings. The molecular weight excluding hydrogens is 381 g/mol. The molecule has 3 rings (SSSR count). The van der Waals surface area contributed by atoms with E-state index < -0.39 is 21.7 Å². The van der Waals surface area contributed by atoms with Crippen LogP contribution >= 0.6 is 0 Å². The van der Waals surface area contributed by atoms with E-state index in [9.17, 15) is 17.6 Å². The zero-order valence-corrected chi connectivity index (χ0v) is 15.2. The molecule has 3 aromatic carbocycles. The first-order chi connectivity index (χ1) is 13.4. The van der Waals surface area contributed by atoms with Crippen molar-refractivity contribution in [2.45, 2.75) is 4.90 Å². The highest BCUT2D eigenvalue weighted by atomic mass is 32.2. The predicted octanol–water partition coefficient (Wildman–Crippen LogP) is 3.75. The average Bonchev–Trinajstić information content (AvgIpc) is 2.70. The molecule has 0 aromatic heterocycles. The van der Waals surface area contributed by atoms with Crippen LogP contribution in [0.4, 0.5) is 15.8 Å². The fraction of sp³-hybridized carbons (Fsp3) is 0. The lowest BCUT2D eigenvalue weighted by molar-refractivity contribution is 0.102. The number of rotatable bonds is 5. The molecule has 0 aliphatic carbocycles. The minimum atomic E-state index is -3.95. The number of anilines is 2. The van der Waals surface area contributed by atoms with E-state index >= 15 is 0 Å². The van der Waals surface area contributed by atoms with E-state index in [-0.39, 0.29) is 16.1 Å². The Kier molecular flexibility index (Phi) is 5.38. The van der Waals surface area contributed by atoms with E-state index in [0.717, 1.165) is 12.1 Å². The average molecular weight is 395 g/mol. The quantitative estimate of drug-likeness (QED) is 0.687. The largest absolute Gasteiger partial charge is 0.322 e. The van der Waals surface area contributed by atoms with Crippen molar-refractivity contribution in [1.29, 1.82) is 5.26 Å². The highest BCUT2D eigenvalue weighted by Gasteiger charge is 2.17. The number of nitrogens with one attached hydrogen (secondary N) is 2. The minimum Gasteiger partial charge on any atom is -0.322 e. The molecule has 2 N–H and O–H groups in total. The van der Waals surface area contributed by atoms with Gasteiger partial charge in [0.05, 0.1) is 16.5 Å². The number of halogens is 1. The number of hydrogen-bond acceptors (Lipinski definition) is 4. The van der Waals surface area contributed by atoms with E-state index in [4.69, 9.17) is 5.26 Å². The summed E-state index contributed by atoms with van der Waals surface area (Å²) in [5.41, 5.74) is 1.28. The van der Waals surface area contributed by atoms with Gasteiger partial charge in [-0.25, -0.2) is 12.8 Å². The Hall–Kier alpha value is -3.70. The maximum atomic E-state index is 13.0. The second-order valence-corrected chi connectivity index (χ2v) is 7.47. The number of nitrogens with zero attached hydrogens (tertiary/aromatic N) is 1. The van der Waals surface area contributed by atoms with Crippen LogP contribution in [0.3, 0.4) is 0 Å². The SMILES string of the molecule is N#Cc1ccc(NC(=O)c2cccc(S(=O)(=O)Nc3ccc(F)cc3)c2)cc1. The smallest absolute Gasteiger partial charge is 0.261 e. The third-order valence-electron chi connectivity index (χ3n) is 3.77. The molecule has 0 aliphatic heterocycles. The van der Waals surface area contributed by atoms with Crippen LogP contribution < -0.4 is 10.0 Å². The van der Waals surface area contributed by atoms with Gasteiger partial charge in [0.2, 0.25) is 0 Å². The zero-order chi connectivity index (χ0) is 20.1. The third kappa shape index (κ3) is 4.52. The summed E-state index contributed by atoms with van der Waals surface area (Å²) in [6.45, 7) is 0. The van der Waals surface area contributed by atoms with Crippen molar-refractivity contribution in [3.8, 4) is 6.07 Å². The fourth-order valence-corrected chi connectivity index (χ4v) is 3.47. The van der Waals surface area contributed by atoms with Gasteiger partial charge in [0.15, 0.2) is 0 Å². The first-order valence-corrected chi connectivity index (χ1v) is 9.56. The van der Waals surface area contributed by atoms with Crippen LogP contribution in [0.1, 0.15) is 15.9 Å². The van der Waals surface area contributed by atoms with Gasteiger partial charge in [-0.3, -0.25) is 9.52 Å². The standard InChI is InChI=1S/C20H14FN3O3S/c21-16-6-10-18(11-7-16)24-28(26,27)19-3-1-2-15(12-19)20(25)23-17-8-4-14(13-22)5-9-17/h1-12,24H,(H,23,25). The molecule has 0 radical (unpaired) electrons. The summed E-state index contributed by atoms with van der Waals surface area (Å²) in [6.07, 6.45) is 0. The Morgan fingerprint density at radius 2 is 1.57 bits per heavy atom.